The first-order chi connectivity index (χ1) is 9.47. The van der Waals surface area contributed by atoms with E-state index in [0.717, 1.165) is 11.1 Å². The number of hydrogen-bond donors (Lipinski definition) is 1. The number of ether oxygens (including phenoxy) is 1. The predicted octanol–water partition coefficient (Wildman–Crippen LogP) is 4.17. The van der Waals surface area contributed by atoms with Gasteiger partial charge in [0.05, 0.1) is 0 Å². The number of benzene rings is 2. The Labute approximate surface area is 124 Å². The average molecular weight is 339 g/mol. The van der Waals surface area contributed by atoms with Gasteiger partial charge in [0, 0.05) is 4.47 Å². The second-order valence-corrected chi connectivity index (χ2v) is 5.22. The summed E-state index contributed by atoms with van der Waals surface area (Å²) in [5, 5.41) is 9.13. The summed E-state index contributed by atoms with van der Waals surface area (Å²) < 4.78 is 19.2. The van der Waals surface area contributed by atoms with Crippen molar-refractivity contribution in [2.45, 2.75) is 13.5 Å². The Hall–Kier alpha value is -1.88. The third-order valence-corrected chi connectivity index (χ3v) is 3.35. The van der Waals surface area contributed by atoms with Gasteiger partial charge in [-0.15, -0.1) is 0 Å². The lowest BCUT2D eigenvalue weighted by Gasteiger charge is -2.11. The highest BCUT2D eigenvalue weighted by Crippen LogP contribution is 2.24. The molecule has 0 radical (unpaired) electrons. The van der Waals surface area contributed by atoms with Crippen molar-refractivity contribution < 1.29 is 19.0 Å². The highest BCUT2D eigenvalue weighted by atomic mass is 79.9. The second-order valence-electron chi connectivity index (χ2n) is 4.31. The van der Waals surface area contributed by atoms with Crippen LogP contribution in [-0.4, -0.2) is 11.1 Å². The van der Waals surface area contributed by atoms with Gasteiger partial charge in [-0.3, -0.25) is 0 Å². The number of halogens is 2. The van der Waals surface area contributed by atoms with Gasteiger partial charge >= 0.3 is 5.97 Å². The number of hydrogen-bond acceptors (Lipinski definition) is 2. The minimum atomic E-state index is -1.06. The van der Waals surface area contributed by atoms with Gasteiger partial charge in [0.1, 0.15) is 23.7 Å². The molecule has 0 fully saturated rings. The van der Waals surface area contributed by atoms with E-state index in [2.05, 4.69) is 15.9 Å². The molecule has 0 saturated carbocycles. The Balaban J connectivity index is 2.20. The van der Waals surface area contributed by atoms with Gasteiger partial charge in [-0.2, -0.15) is 0 Å². The van der Waals surface area contributed by atoms with Gasteiger partial charge in [-0.05, 0) is 48.4 Å². The molecule has 0 saturated heterocycles. The number of carboxylic acid groups (broad SMARTS) is 1. The zero-order chi connectivity index (χ0) is 14.7. The van der Waals surface area contributed by atoms with Crippen LogP contribution in [0.15, 0.2) is 40.9 Å². The summed E-state index contributed by atoms with van der Waals surface area (Å²) in [6.45, 7) is 1.97. The normalized spacial score (nSPS) is 10.3. The first kappa shape index (κ1) is 14.5. The SMILES string of the molecule is Cc1cc(F)ccc1COc1ccc(Br)cc1C(=O)O. The molecule has 0 amide bonds. The standard InChI is InChI=1S/C15H12BrFO3/c1-9-6-12(17)4-2-10(9)8-20-14-5-3-11(16)7-13(14)15(18)19/h2-7H,8H2,1H3,(H,18,19). The zero-order valence-corrected chi connectivity index (χ0v) is 12.3. The summed E-state index contributed by atoms with van der Waals surface area (Å²) in [5.74, 6) is -1.08. The molecular formula is C15H12BrFO3. The van der Waals surface area contributed by atoms with Crippen LogP contribution in [0.25, 0.3) is 0 Å². The minimum absolute atomic E-state index is 0.0825. The average Bonchev–Trinajstić information content (AvgIpc) is 2.38. The first-order valence-corrected chi connectivity index (χ1v) is 6.67. The Morgan fingerprint density at radius 1 is 1.30 bits per heavy atom. The quantitative estimate of drug-likeness (QED) is 0.909. The summed E-state index contributed by atoms with van der Waals surface area (Å²) in [7, 11) is 0. The van der Waals surface area contributed by atoms with E-state index in [9.17, 15) is 9.18 Å². The minimum Gasteiger partial charge on any atom is -0.488 e. The van der Waals surface area contributed by atoms with Crippen molar-refractivity contribution in [3.63, 3.8) is 0 Å². The van der Waals surface area contributed by atoms with Gasteiger partial charge in [0.15, 0.2) is 0 Å². The third kappa shape index (κ3) is 3.36. The molecular weight excluding hydrogens is 327 g/mol. The third-order valence-electron chi connectivity index (χ3n) is 2.86. The number of carbonyl (C=O) groups is 1. The Morgan fingerprint density at radius 3 is 2.70 bits per heavy atom. The van der Waals surface area contributed by atoms with Gasteiger partial charge in [0.25, 0.3) is 0 Å². The van der Waals surface area contributed by atoms with E-state index in [4.69, 9.17) is 9.84 Å². The van der Waals surface area contributed by atoms with Crippen LogP contribution < -0.4 is 4.74 Å². The number of aryl methyl sites for hydroxylation is 1. The fraction of sp³-hybridized carbons (Fsp3) is 0.133. The number of aromatic carboxylic acids is 1. The molecule has 0 bridgehead atoms. The maximum absolute atomic E-state index is 13.0. The second kappa shape index (κ2) is 6.05. The molecule has 2 aromatic rings. The van der Waals surface area contributed by atoms with Crippen molar-refractivity contribution in [2.24, 2.45) is 0 Å². The highest BCUT2D eigenvalue weighted by Gasteiger charge is 2.12. The number of carboxylic acids is 1. The van der Waals surface area contributed by atoms with Crippen LogP contribution in [0.4, 0.5) is 4.39 Å². The Kier molecular flexibility index (Phi) is 4.39. The maximum Gasteiger partial charge on any atom is 0.339 e. The van der Waals surface area contributed by atoms with Crippen LogP contribution in [0.5, 0.6) is 5.75 Å². The lowest BCUT2D eigenvalue weighted by Crippen LogP contribution is -2.04. The van der Waals surface area contributed by atoms with Crippen molar-refractivity contribution in [3.05, 3.63) is 63.4 Å². The maximum atomic E-state index is 13.0. The van der Waals surface area contributed by atoms with Crippen molar-refractivity contribution >= 4 is 21.9 Å². The van der Waals surface area contributed by atoms with E-state index in [-0.39, 0.29) is 23.7 Å². The molecule has 0 aliphatic heterocycles. The Morgan fingerprint density at radius 2 is 2.05 bits per heavy atom. The van der Waals surface area contributed by atoms with Crippen molar-refractivity contribution in [2.75, 3.05) is 0 Å². The van der Waals surface area contributed by atoms with Crippen LogP contribution in [0, 0.1) is 12.7 Å². The summed E-state index contributed by atoms with van der Waals surface area (Å²) in [6.07, 6.45) is 0. The van der Waals surface area contributed by atoms with Crippen LogP contribution in [0.3, 0.4) is 0 Å². The fourth-order valence-electron chi connectivity index (χ4n) is 1.77. The summed E-state index contributed by atoms with van der Waals surface area (Å²) in [6, 6.07) is 9.18. The largest absolute Gasteiger partial charge is 0.488 e. The predicted molar refractivity (Wildman–Crippen MR) is 76.6 cm³/mol. The van der Waals surface area contributed by atoms with E-state index in [1.165, 1.54) is 18.2 Å². The molecule has 2 rings (SSSR count). The monoisotopic (exact) mass is 338 g/mol. The van der Waals surface area contributed by atoms with E-state index in [1.54, 1.807) is 25.1 Å². The fourth-order valence-corrected chi connectivity index (χ4v) is 2.13. The summed E-state index contributed by atoms with van der Waals surface area (Å²) in [4.78, 5) is 11.1. The molecule has 0 aromatic heterocycles. The van der Waals surface area contributed by atoms with Gasteiger partial charge < -0.3 is 9.84 Å². The molecule has 5 heteroatoms. The first-order valence-electron chi connectivity index (χ1n) is 5.88. The van der Waals surface area contributed by atoms with E-state index < -0.39 is 5.97 Å². The Bertz CT molecular complexity index is 656. The van der Waals surface area contributed by atoms with Crippen molar-refractivity contribution in [1.82, 2.24) is 0 Å². The summed E-state index contributed by atoms with van der Waals surface area (Å²) >= 11 is 3.22. The molecule has 3 nitrogen and oxygen atoms in total. The summed E-state index contributed by atoms with van der Waals surface area (Å²) in [5.41, 5.74) is 1.66. The lowest BCUT2D eigenvalue weighted by molar-refractivity contribution is 0.0691. The molecule has 0 spiro atoms. The number of rotatable bonds is 4. The van der Waals surface area contributed by atoms with Gasteiger partial charge in [0.2, 0.25) is 0 Å². The molecule has 20 heavy (non-hydrogen) atoms. The van der Waals surface area contributed by atoms with Crippen LogP contribution in [0.1, 0.15) is 21.5 Å². The van der Waals surface area contributed by atoms with Crippen molar-refractivity contribution in [3.8, 4) is 5.75 Å². The van der Waals surface area contributed by atoms with Gasteiger partial charge in [-0.25, -0.2) is 9.18 Å². The van der Waals surface area contributed by atoms with E-state index in [0.29, 0.717) is 4.47 Å². The molecule has 0 aliphatic carbocycles. The molecule has 0 aliphatic rings. The van der Waals surface area contributed by atoms with Gasteiger partial charge in [-0.1, -0.05) is 22.0 Å². The molecule has 0 heterocycles. The van der Waals surface area contributed by atoms with Crippen LogP contribution in [-0.2, 0) is 6.61 Å². The van der Waals surface area contributed by atoms with Crippen molar-refractivity contribution in [1.29, 1.82) is 0 Å². The zero-order valence-electron chi connectivity index (χ0n) is 10.7. The van der Waals surface area contributed by atoms with Crippen LogP contribution >= 0.6 is 15.9 Å². The van der Waals surface area contributed by atoms with E-state index >= 15 is 0 Å². The molecule has 104 valence electrons. The smallest absolute Gasteiger partial charge is 0.339 e. The van der Waals surface area contributed by atoms with Crippen LogP contribution in [0.2, 0.25) is 0 Å². The molecule has 2 aromatic carbocycles. The lowest BCUT2D eigenvalue weighted by atomic mass is 10.1. The molecule has 1 N–H and O–H groups in total. The van der Waals surface area contributed by atoms with E-state index in [1.807, 2.05) is 0 Å². The topological polar surface area (TPSA) is 46.5 Å². The highest BCUT2D eigenvalue weighted by molar-refractivity contribution is 9.10. The molecule has 0 unspecified atom stereocenters. The molecule has 0 atom stereocenters.